The minimum atomic E-state index is -0.316. The van der Waals surface area contributed by atoms with E-state index in [9.17, 15) is 9.18 Å². The minimum Gasteiger partial charge on any atom is -0.493 e. The molecule has 0 saturated carbocycles. The smallest absolute Gasteiger partial charge is 0.317 e. The van der Waals surface area contributed by atoms with Crippen LogP contribution in [0.2, 0.25) is 0 Å². The van der Waals surface area contributed by atoms with Crippen molar-refractivity contribution in [2.45, 2.75) is 19.5 Å². The molecule has 132 valence electrons. The molecule has 2 aromatic rings. The quantitative estimate of drug-likeness (QED) is 0.927. The van der Waals surface area contributed by atoms with Crippen LogP contribution in [-0.2, 0) is 19.5 Å². The summed E-state index contributed by atoms with van der Waals surface area (Å²) in [7, 11) is 3.20. The predicted octanol–water partition coefficient (Wildman–Crippen LogP) is 3.11. The molecule has 0 saturated heterocycles. The Morgan fingerprint density at radius 3 is 2.52 bits per heavy atom. The number of ether oxygens (including phenoxy) is 2. The van der Waals surface area contributed by atoms with Crippen molar-refractivity contribution in [3.63, 3.8) is 0 Å². The molecule has 0 bridgehead atoms. The van der Waals surface area contributed by atoms with E-state index in [1.807, 2.05) is 12.1 Å². The van der Waals surface area contributed by atoms with Crippen molar-refractivity contribution in [3.8, 4) is 11.5 Å². The lowest BCUT2D eigenvalue weighted by Crippen LogP contribution is -2.42. The van der Waals surface area contributed by atoms with E-state index in [-0.39, 0.29) is 18.4 Å². The first kappa shape index (κ1) is 17.1. The lowest BCUT2D eigenvalue weighted by atomic mass is 9.99. The Bertz CT molecular complexity index is 779. The molecule has 1 aliphatic rings. The van der Waals surface area contributed by atoms with Gasteiger partial charge in [0.2, 0.25) is 0 Å². The lowest BCUT2D eigenvalue weighted by molar-refractivity contribution is 0.191. The molecule has 6 heteroatoms. The van der Waals surface area contributed by atoms with Crippen LogP contribution in [0, 0.1) is 5.82 Å². The molecule has 0 fully saturated rings. The third kappa shape index (κ3) is 3.68. The number of halogens is 1. The highest BCUT2D eigenvalue weighted by molar-refractivity contribution is 5.74. The van der Waals surface area contributed by atoms with Gasteiger partial charge in [0, 0.05) is 25.2 Å². The maximum Gasteiger partial charge on any atom is 0.317 e. The second-order valence-corrected chi connectivity index (χ2v) is 5.90. The zero-order valence-corrected chi connectivity index (χ0v) is 14.3. The van der Waals surface area contributed by atoms with Gasteiger partial charge in [0.1, 0.15) is 5.82 Å². The van der Waals surface area contributed by atoms with Crippen molar-refractivity contribution in [2.24, 2.45) is 0 Å². The van der Waals surface area contributed by atoms with E-state index in [1.165, 1.54) is 6.07 Å². The minimum absolute atomic E-state index is 0.167. The number of nitrogens with zero attached hydrogens (tertiary/aromatic N) is 1. The molecule has 2 aromatic carbocycles. The zero-order chi connectivity index (χ0) is 17.8. The van der Waals surface area contributed by atoms with Gasteiger partial charge in [-0.2, -0.15) is 0 Å². The molecule has 1 heterocycles. The topological polar surface area (TPSA) is 50.8 Å². The van der Waals surface area contributed by atoms with Crippen LogP contribution in [0.1, 0.15) is 16.7 Å². The summed E-state index contributed by atoms with van der Waals surface area (Å²) >= 11 is 0. The predicted molar refractivity (Wildman–Crippen MR) is 92.3 cm³/mol. The molecule has 0 aliphatic carbocycles. The summed E-state index contributed by atoms with van der Waals surface area (Å²) in [5.41, 5.74) is 2.65. The Kier molecular flexibility index (Phi) is 5.07. The molecule has 5 nitrogen and oxygen atoms in total. The van der Waals surface area contributed by atoms with E-state index in [4.69, 9.17) is 9.47 Å². The zero-order valence-electron chi connectivity index (χ0n) is 14.3. The highest BCUT2D eigenvalue weighted by atomic mass is 19.1. The summed E-state index contributed by atoms with van der Waals surface area (Å²) in [5.74, 6) is 1.03. The SMILES string of the molecule is COc1cc2c(cc1OC)CN(C(=O)NCc1ccccc1F)CC2. The number of methoxy groups -OCH3 is 2. The first-order valence-electron chi connectivity index (χ1n) is 8.12. The lowest BCUT2D eigenvalue weighted by Gasteiger charge is -2.29. The van der Waals surface area contributed by atoms with Crippen LogP contribution in [-0.4, -0.2) is 31.7 Å². The third-order valence-electron chi connectivity index (χ3n) is 4.39. The Hall–Kier alpha value is -2.76. The first-order chi connectivity index (χ1) is 12.1. The van der Waals surface area contributed by atoms with Crippen LogP contribution in [0.4, 0.5) is 9.18 Å². The Labute approximate surface area is 146 Å². The Balaban J connectivity index is 1.67. The molecule has 25 heavy (non-hydrogen) atoms. The van der Waals surface area contributed by atoms with Crippen molar-refractivity contribution >= 4 is 6.03 Å². The summed E-state index contributed by atoms with van der Waals surface area (Å²) in [6, 6.07) is 10.1. The van der Waals surface area contributed by atoms with Gasteiger partial charge < -0.3 is 19.7 Å². The van der Waals surface area contributed by atoms with Gasteiger partial charge in [-0.3, -0.25) is 0 Å². The van der Waals surface area contributed by atoms with E-state index in [1.54, 1.807) is 37.3 Å². The number of hydrogen-bond acceptors (Lipinski definition) is 3. The van der Waals surface area contributed by atoms with Crippen molar-refractivity contribution in [1.82, 2.24) is 10.2 Å². The number of urea groups is 1. The standard InChI is InChI=1S/C19H21FN2O3/c1-24-17-9-13-7-8-22(12-15(13)10-18(17)25-2)19(23)21-11-14-5-3-4-6-16(14)20/h3-6,9-10H,7-8,11-12H2,1-2H3,(H,21,23). The Morgan fingerprint density at radius 2 is 1.84 bits per heavy atom. The van der Waals surface area contributed by atoms with Crippen LogP contribution in [0.25, 0.3) is 0 Å². The number of nitrogens with one attached hydrogen (secondary N) is 1. The average Bonchev–Trinajstić information content (AvgIpc) is 2.65. The number of rotatable bonds is 4. The highest BCUT2D eigenvalue weighted by Crippen LogP contribution is 2.33. The monoisotopic (exact) mass is 344 g/mol. The van der Waals surface area contributed by atoms with Gasteiger partial charge in [0.25, 0.3) is 0 Å². The number of fused-ring (bicyclic) bond motifs is 1. The fourth-order valence-corrected chi connectivity index (χ4v) is 2.98. The molecule has 0 atom stereocenters. The van der Waals surface area contributed by atoms with Crippen LogP contribution in [0.5, 0.6) is 11.5 Å². The first-order valence-corrected chi connectivity index (χ1v) is 8.12. The van der Waals surface area contributed by atoms with E-state index in [0.29, 0.717) is 30.2 Å². The van der Waals surface area contributed by atoms with Gasteiger partial charge >= 0.3 is 6.03 Å². The Morgan fingerprint density at radius 1 is 1.16 bits per heavy atom. The van der Waals surface area contributed by atoms with Gasteiger partial charge in [-0.15, -0.1) is 0 Å². The van der Waals surface area contributed by atoms with Gasteiger partial charge in [-0.1, -0.05) is 18.2 Å². The molecular weight excluding hydrogens is 323 g/mol. The van der Waals surface area contributed by atoms with Crippen LogP contribution in [0.3, 0.4) is 0 Å². The van der Waals surface area contributed by atoms with E-state index in [2.05, 4.69) is 5.32 Å². The largest absolute Gasteiger partial charge is 0.493 e. The fraction of sp³-hybridized carbons (Fsp3) is 0.316. The van der Waals surface area contributed by atoms with Crippen molar-refractivity contribution in [1.29, 1.82) is 0 Å². The van der Waals surface area contributed by atoms with Gasteiger partial charge in [0.15, 0.2) is 11.5 Å². The average molecular weight is 344 g/mol. The molecule has 1 N–H and O–H groups in total. The molecular formula is C19H21FN2O3. The number of benzene rings is 2. The van der Waals surface area contributed by atoms with Gasteiger partial charge in [0.05, 0.1) is 14.2 Å². The van der Waals surface area contributed by atoms with E-state index in [0.717, 1.165) is 17.5 Å². The number of carbonyl (C=O) groups is 1. The second kappa shape index (κ2) is 7.42. The van der Waals surface area contributed by atoms with Gasteiger partial charge in [-0.05, 0) is 35.7 Å². The van der Waals surface area contributed by atoms with Crippen LogP contribution >= 0.6 is 0 Å². The second-order valence-electron chi connectivity index (χ2n) is 5.90. The summed E-state index contributed by atoms with van der Waals surface area (Å²) in [6.45, 7) is 1.26. The van der Waals surface area contributed by atoms with E-state index >= 15 is 0 Å². The summed E-state index contributed by atoms with van der Waals surface area (Å²) in [6.07, 6.45) is 0.739. The molecule has 0 unspecified atom stereocenters. The normalized spacial score (nSPS) is 13.2. The molecule has 3 rings (SSSR count). The van der Waals surface area contributed by atoms with Crippen molar-refractivity contribution < 1.29 is 18.7 Å². The summed E-state index contributed by atoms with van der Waals surface area (Å²) < 4.78 is 24.3. The van der Waals surface area contributed by atoms with E-state index < -0.39 is 0 Å². The number of carbonyl (C=O) groups excluding carboxylic acids is 1. The molecule has 0 aromatic heterocycles. The van der Waals surface area contributed by atoms with Crippen molar-refractivity contribution in [2.75, 3.05) is 20.8 Å². The third-order valence-corrected chi connectivity index (χ3v) is 4.39. The summed E-state index contributed by atoms with van der Waals surface area (Å²) in [4.78, 5) is 14.1. The van der Waals surface area contributed by atoms with Gasteiger partial charge in [-0.25, -0.2) is 9.18 Å². The highest BCUT2D eigenvalue weighted by Gasteiger charge is 2.22. The molecule has 0 spiro atoms. The summed E-state index contributed by atoms with van der Waals surface area (Å²) in [5, 5.41) is 2.78. The molecule has 0 radical (unpaired) electrons. The van der Waals surface area contributed by atoms with Crippen LogP contribution in [0.15, 0.2) is 36.4 Å². The fourth-order valence-electron chi connectivity index (χ4n) is 2.98. The van der Waals surface area contributed by atoms with Crippen molar-refractivity contribution in [3.05, 3.63) is 58.9 Å². The maximum atomic E-state index is 13.6. The molecule has 1 aliphatic heterocycles. The maximum absolute atomic E-state index is 13.6. The van der Waals surface area contributed by atoms with Crippen LogP contribution < -0.4 is 14.8 Å². The number of amides is 2. The number of hydrogen-bond donors (Lipinski definition) is 1. The molecule has 2 amide bonds.